The van der Waals surface area contributed by atoms with E-state index in [0.29, 0.717) is 18.6 Å². The topological polar surface area (TPSA) is 66.7 Å². The quantitative estimate of drug-likeness (QED) is 0.877. The zero-order valence-corrected chi connectivity index (χ0v) is 13.4. The number of carboxylic acid groups (broad SMARTS) is 1. The molecule has 1 heterocycles. The second-order valence-electron chi connectivity index (χ2n) is 6.27. The minimum atomic E-state index is -4.64. The van der Waals surface area contributed by atoms with Crippen molar-refractivity contribution in [3.8, 4) is 0 Å². The maximum absolute atomic E-state index is 13.5. The van der Waals surface area contributed by atoms with Gasteiger partial charge in [-0.1, -0.05) is 18.2 Å². The van der Waals surface area contributed by atoms with Crippen molar-refractivity contribution in [2.75, 3.05) is 0 Å². The number of allylic oxidation sites excluding steroid dienone is 1. The highest BCUT2D eigenvalue weighted by Gasteiger charge is 2.46. The first-order valence-electron chi connectivity index (χ1n) is 7.92. The maximum atomic E-state index is 13.5. The molecule has 0 bridgehead atoms. The minimum Gasteiger partial charge on any atom is -0.478 e. The molecule has 2 unspecified atom stereocenters. The molecule has 1 fully saturated rings. The van der Waals surface area contributed by atoms with E-state index in [1.165, 1.54) is 25.1 Å². The van der Waals surface area contributed by atoms with Crippen LogP contribution in [0.25, 0.3) is 0 Å². The minimum absolute atomic E-state index is 0.162. The largest absolute Gasteiger partial charge is 0.478 e. The lowest BCUT2D eigenvalue weighted by Crippen LogP contribution is -2.39. The molecule has 0 saturated heterocycles. The Morgan fingerprint density at radius 2 is 1.88 bits per heavy atom. The van der Waals surface area contributed by atoms with Crippen LogP contribution >= 0.6 is 0 Å². The molecular formula is C18H16F3NO3. The van der Waals surface area contributed by atoms with Crippen molar-refractivity contribution in [2.45, 2.75) is 38.3 Å². The Balaban J connectivity index is 2.26. The number of benzene rings is 1. The van der Waals surface area contributed by atoms with E-state index in [1.54, 1.807) is 0 Å². The molecule has 3 rings (SSSR count). The number of alkyl halides is 3. The molecule has 1 aliphatic carbocycles. The van der Waals surface area contributed by atoms with Crippen molar-refractivity contribution >= 4 is 17.5 Å². The zero-order valence-electron chi connectivity index (χ0n) is 13.4. The molecule has 2 atom stereocenters. The van der Waals surface area contributed by atoms with Crippen molar-refractivity contribution in [2.24, 2.45) is 10.9 Å². The molecule has 0 amide bonds. The molecule has 132 valence electrons. The van der Waals surface area contributed by atoms with E-state index in [1.807, 2.05) is 0 Å². The van der Waals surface area contributed by atoms with Crippen LogP contribution in [-0.4, -0.2) is 22.6 Å². The Hall–Kier alpha value is -2.44. The van der Waals surface area contributed by atoms with Crippen molar-refractivity contribution < 1.29 is 27.9 Å². The smallest absolute Gasteiger partial charge is 0.416 e. The normalized spacial score (nSPS) is 24.0. The van der Waals surface area contributed by atoms with E-state index in [0.717, 1.165) is 6.07 Å². The van der Waals surface area contributed by atoms with Gasteiger partial charge in [-0.3, -0.25) is 9.79 Å². The number of carboxylic acids is 1. The van der Waals surface area contributed by atoms with Gasteiger partial charge in [0.25, 0.3) is 0 Å². The van der Waals surface area contributed by atoms with Gasteiger partial charge >= 0.3 is 12.1 Å². The maximum Gasteiger partial charge on any atom is 0.416 e. The van der Waals surface area contributed by atoms with Crippen LogP contribution in [0.4, 0.5) is 13.2 Å². The van der Waals surface area contributed by atoms with E-state index in [4.69, 9.17) is 0 Å². The highest BCUT2D eigenvalue weighted by atomic mass is 19.4. The molecule has 1 aromatic carbocycles. The average Bonchev–Trinajstić information content (AvgIpc) is 2.52. The fourth-order valence-corrected chi connectivity index (χ4v) is 3.76. The van der Waals surface area contributed by atoms with E-state index >= 15 is 0 Å². The van der Waals surface area contributed by atoms with E-state index in [-0.39, 0.29) is 29.0 Å². The predicted molar refractivity (Wildman–Crippen MR) is 84.3 cm³/mol. The summed E-state index contributed by atoms with van der Waals surface area (Å²) in [5, 5.41) is 9.59. The van der Waals surface area contributed by atoms with Gasteiger partial charge in [0.1, 0.15) is 5.78 Å². The first-order valence-corrected chi connectivity index (χ1v) is 7.92. The Morgan fingerprint density at radius 1 is 1.20 bits per heavy atom. The highest BCUT2D eigenvalue weighted by molar-refractivity contribution is 6.11. The molecule has 1 N–H and O–H groups in total. The summed E-state index contributed by atoms with van der Waals surface area (Å²) in [7, 11) is 0. The molecule has 2 aliphatic rings. The summed E-state index contributed by atoms with van der Waals surface area (Å²) in [4.78, 5) is 28.5. The lowest BCUT2D eigenvalue weighted by Gasteiger charge is -2.36. The lowest BCUT2D eigenvalue weighted by molar-refractivity contribution is -0.139. The first kappa shape index (κ1) is 17.4. The number of ketones is 1. The number of nitrogens with zero attached hydrogens (tertiary/aromatic N) is 1. The standard InChI is InChI=1S/C18H16F3NO3/c1-9-14(17(24)25)15(16-12(22-9)7-4-8-13(16)23)10-5-2-3-6-11(10)18(19,20)21/h2-3,5-6,15-16H,4,7-8H2,1H3,(H,24,25). The number of aliphatic carboxylic acids is 1. The summed E-state index contributed by atoms with van der Waals surface area (Å²) in [6.07, 6.45) is -3.34. The Kier molecular flexibility index (Phi) is 4.26. The summed E-state index contributed by atoms with van der Waals surface area (Å²) in [5.74, 6) is -3.71. The molecule has 1 aromatic rings. The molecule has 0 radical (unpaired) electrons. The van der Waals surface area contributed by atoms with Gasteiger partial charge < -0.3 is 5.11 Å². The molecule has 7 heteroatoms. The van der Waals surface area contributed by atoms with Crippen molar-refractivity contribution in [3.05, 3.63) is 46.7 Å². The second kappa shape index (κ2) is 6.13. The van der Waals surface area contributed by atoms with Gasteiger partial charge in [-0.25, -0.2) is 4.79 Å². The van der Waals surface area contributed by atoms with Gasteiger partial charge in [0, 0.05) is 23.7 Å². The number of rotatable bonds is 2. The van der Waals surface area contributed by atoms with Crippen LogP contribution in [0.5, 0.6) is 0 Å². The number of hydrogen-bond donors (Lipinski definition) is 1. The molecular weight excluding hydrogens is 335 g/mol. The third-order valence-corrected chi connectivity index (χ3v) is 4.74. The predicted octanol–water partition coefficient (Wildman–Crippen LogP) is 3.97. The Labute approximate surface area is 142 Å². The van der Waals surface area contributed by atoms with Gasteiger partial charge in [-0.2, -0.15) is 13.2 Å². The number of carbonyl (C=O) groups excluding carboxylic acids is 1. The van der Waals surface area contributed by atoms with Crippen LogP contribution in [0.1, 0.15) is 43.2 Å². The van der Waals surface area contributed by atoms with E-state index < -0.39 is 29.5 Å². The zero-order chi connectivity index (χ0) is 18.4. The average molecular weight is 351 g/mol. The number of carbonyl (C=O) groups is 2. The summed E-state index contributed by atoms with van der Waals surface area (Å²) < 4.78 is 40.4. The lowest BCUT2D eigenvalue weighted by atomic mass is 9.68. The molecule has 0 aromatic heterocycles. The molecule has 4 nitrogen and oxygen atoms in total. The molecule has 0 spiro atoms. The van der Waals surface area contributed by atoms with Crippen molar-refractivity contribution in [1.82, 2.24) is 0 Å². The summed E-state index contributed by atoms with van der Waals surface area (Å²) >= 11 is 0. The number of hydrogen-bond acceptors (Lipinski definition) is 3. The molecule has 1 aliphatic heterocycles. The highest BCUT2D eigenvalue weighted by Crippen LogP contribution is 2.46. The van der Waals surface area contributed by atoms with E-state index in [2.05, 4.69) is 4.99 Å². The number of fused-ring (bicyclic) bond motifs is 1. The Morgan fingerprint density at radius 3 is 2.52 bits per heavy atom. The van der Waals surface area contributed by atoms with Crippen molar-refractivity contribution in [3.63, 3.8) is 0 Å². The summed E-state index contributed by atoms with van der Waals surface area (Å²) in [6, 6.07) is 4.86. The number of aliphatic imine (C=N–C) groups is 1. The van der Waals surface area contributed by atoms with Gasteiger partial charge in [0.2, 0.25) is 0 Å². The summed E-state index contributed by atoms with van der Waals surface area (Å²) in [6.45, 7) is 1.47. The van der Waals surface area contributed by atoms with Gasteiger partial charge in [0.15, 0.2) is 0 Å². The third-order valence-electron chi connectivity index (χ3n) is 4.74. The molecule has 25 heavy (non-hydrogen) atoms. The van der Waals surface area contributed by atoms with Crippen LogP contribution < -0.4 is 0 Å². The van der Waals surface area contributed by atoms with Crippen LogP contribution in [0.3, 0.4) is 0 Å². The van der Waals surface area contributed by atoms with Gasteiger partial charge in [0.05, 0.1) is 17.1 Å². The monoisotopic (exact) mass is 351 g/mol. The Bertz CT molecular complexity index is 808. The van der Waals surface area contributed by atoms with Crippen LogP contribution in [0, 0.1) is 5.92 Å². The van der Waals surface area contributed by atoms with Crippen molar-refractivity contribution in [1.29, 1.82) is 0 Å². The molecule has 1 saturated carbocycles. The van der Waals surface area contributed by atoms with E-state index in [9.17, 15) is 27.9 Å². The fourth-order valence-electron chi connectivity index (χ4n) is 3.76. The van der Waals surface area contributed by atoms with Crippen LogP contribution in [0.15, 0.2) is 40.5 Å². The van der Waals surface area contributed by atoms with Crippen LogP contribution in [0.2, 0.25) is 0 Å². The van der Waals surface area contributed by atoms with Gasteiger partial charge in [-0.15, -0.1) is 0 Å². The SMILES string of the molecule is CC1=C(C(=O)O)C(c2ccccc2C(F)(F)F)C2C(=O)CCCC2=N1. The number of Topliss-reactive ketones (excluding diaryl/α,β-unsaturated/α-hetero) is 1. The number of halogens is 3. The van der Waals surface area contributed by atoms with Gasteiger partial charge in [-0.05, 0) is 31.4 Å². The third kappa shape index (κ3) is 2.99. The fraction of sp³-hybridized carbons (Fsp3) is 0.389. The van der Waals surface area contributed by atoms with Crippen LogP contribution in [-0.2, 0) is 15.8 Å². The second-order valence-corrected chi connectivity index (χ2v) is 6.27. The first-order chi connectivity index (χ1) is 11.7. The summed E-state index contributed by atoms with van der Waals surface area (Å²) in [5.41, 5.74) is -0.678.